The van der Waals surface area contributed by atoms with E-state index in [2.05, 4.69) is 0 Å². The fourth-order valence-corrected chi connectivity index (χ4v) is 2.99. The Kier molecular flexibility index (Phi) is 3.76. The minimum absolute atomic E-state index is 0.289. The molecule has 0 saturated heterocycles. The molecule has 1 aliphatic heterocycles. The zero-order valence-corrected chi connectivity index (χ0v) is 12.5. The summed E-state index contributed by atoms with van der Waals surface area (Å²) in [5, 5.41) is 1.97. The van der Waals surface area contributed by atoms with Crippen LogP contribution in [0.3, 0.4) is 0 Å². The molecule has 2 aromatic rings. The van der Waals surface area contributed by atoms with Gasteiger partial charge in [0.05, 0.1) is 10.5 Å². The Labute approximate surface area is 125 Å². The summed E-state index contributed by atoms with van der Waals surface area (Å²) < 4.78 is 5.30. The van der Waals surface area contributed by atoms with Crippen molar-refractivity contribution in [2.45, 2.75) is 4.90 Å². The number of thiophene rings is 1. The van der Waals surface area contributed by atoms with Crippen molar-refractivity contribution in [2.24, 2.45) is 0 Å². The number of benzene rings is 1. The van der Waals surface area contributed by atoms with Crippen LogP contribution in [-0.4, -0.2) is 12.2 Å². The number of cyclic esters (lactones) is 1. The summed E-state index contributed by atoms with van der Waals surface area (Å²) in [4.78, 5) is 14.0. The molecule has 0 amide bonds. The molecule has 0 spiro atoms. The first-order chi connectivity index (χ1) is 9.76. The van der Waals surface area contributed by atoms with Crippen LogP contribution < -0.4 is 0 Å². The molecule has 0 aliphatic carbocycles. The molecule has 0 unspecified atom stereocenters. The second kappa shape index (κ2) is 5.69. The number of carbonyl (C=O) groups is 1. The van der Waals surface area contributed by atoms with E-state index in [1.165, 1.54) is 4.90 Å². The van der Waals surface area contributed by atoms with Gasteiger partial charge in [-0.1, -0.05) is 18.2 Å². The minimum Gasteiger partial charge on any atom is -0.421 e. The minimum atomic E-state index is -0.289. The molecular weight excluding hydrogens is 288 g/mol. The lowest BCUT2D eigenvalue weighted by atomic mass is 10.1. The van der Waals surface area contributed by atoms with E-state index in [0.29, 0.717) is 11.3 Å². The average molecular weight is 300 g/mol. The van der Waals surface area contributed by atoms with Crippen molar-refractivity contribution in [1.29, 1.82) is 0 Å². The van der Waals surface area contributed by atoms with E-state index in [9.17, 15) is 4.79 Å². The number of esters is 1. The van der Waals surface area contributed by atoms with Gasteiger partial charge in [-0.2, -0.15) is 0 Å². The molecule has 0 atom stereocenters. The Morgan fingerprint density at radius 3 is 2.65 bits per heavy atom. The molecule has 0 radical (unpaired) electrons. The van der Waals surface area contributed by atoms with E-state index in [1.807, 2.05) is 54.1 Å². The van der Waals surface area contributed by atoms with Gasteiger partial charge < -0.3 is 4.74 Å². The third-order valence-corrected chi connectivity index (χ3v) is 4.55. The second-order valence-electron chi connectivity index (χ2n) is 4.25. The quantitative estimate of drug-likeness (QED) is 0.476. The fourth-order valence-electron chi connectivity index (χ4n) is 1.91. The molecular formula is C16H12O2S2. The van der Waals surface area contributed by atoms with Crippen LogP contribution >= 0.6 is 23.1 Å². The van der Waals surface area contributed by atoms with Crippen LogP contribution in [0.2, 0.25) is 0 Å². The third kappa shape index (κ3) is 2.71. The number of hydrogen-bond donors (Lipinski definition) is 0. The lowest BCUT2D eigenvalue weighted by molar-refractivity contribution is -0.130. The van der Waals surface area contributed by atoms with Gasteiger partial charge in [-0.3, -0.25) is 0 Å². The first kappa shape index (κ1) is 13.2. The Balaban J connectivity index is 1.88. The summed E-state index contributed by atoms with van der Waals surface area (Å²) in [5.74, 6) is 0.347. The van der Waals surface area contributed by atoms with Gasteiger partial charge in [0.1, 0.15) is 5.76 Å². The summed E-state index contributed by atoms with van der Waals surface area (Å²) >= 11 is 3.26. The Morgan fingerprint density at radius 2 is 2.00 bits per heavy atom. The van der Waals surface area contributed by atoms with Crippen LogP contribution in [0.25, 0.3) is 11.8 Å². The maximum atomic E-state index is 11.9. The Morgan fingerprint density at radius 1 is 1.20 bits per heavy atom. The van der Waals surface area contributed by atoms with Crippen LogP contribution in [0.5, 0.6) is 0 Å². The average Bonchev–Trinajstić information content (AvgIpc) is 3.10. The Hall–Kier alpha value is -1.78. The maximum absolute atomic E-state index is 11.9. The molecule has 2 heterocycles. The number of carbonyl (C=O) groups excluding carboxylic acids is 1. The van der Waals surface area contributed by atoms with E-state index in [0.717, 1.165) is 10.4 Å². The summed E-state index contributed by atoms with van der Waals surface area (Å²) in [5.41, 5.74) is 1.59. The van der Waals surface area contributed by atoms with Crippen LogP contribution in [0.15, 0.2) is 58.3 Å². The van der Waals surface area contributed by atoms with E-state index in [4.69, 9.17) is 4.74 Å². The van der Waals surface area contributed by atoms with E-state index in [1.54, 1.807) is 29.2 Å². The number of ether oxygens (including phenoxy) is 1. The second-order valence-corrected chi connectivity index (χ2v) is 6.08. The standard InChI is InChI=1S/C16H12O2S2/c1-19-13-6-4-11(5-7-13)9-12-10-14(18-16(12)17)15-3-2-8-20-15/h2-10H,1H3/b12-9+. The zero-order valence-electron chi connectivity index (χ0n) is 10.8. The van der Waals surface area contributed by atoms with Crippen LogP contribution in [0.1, 0.15) is 10.4 Å². The summed E-state index contributed by atoms with van der Waals surface area (Å²) in [6.07, 6.45) is 5.70. The molecule has 2 nitrogen and oxygen atoms in total. The van der Waals surface area contributed by atoms with Gasteiger partial charge >= 0.3 is 5.97 Å². The third-order valence-electron chi connectivity index (χ3n) is 2.93. The molecule has 4 heteroatoms. The van der Waals surface area contributed by atoms with Crippen LogP contribution in [0, 0.1) is 0 Å². The molecule has 1 aromatic heterocycles. The molecule has 100 valence electrons. The van der Waals surface area contributed by atoms with Crippen molar-refractivity contribution in [3.05, 3.63) is 63.9 Å². The largest absolute Gasteiger partial charge is 0.421 e. The van der Waals surface area contributed by atoms with Gasteiger partial charge in [-0.15, -0.1) is 23.1 Å². The molecule has 0 saturated carbocycles. The SMILES string of the molecule is CSc1ccc(/C=C2\C=C(c3cccs3)OC2=O)cc1. The number of rotatable bonds is 3. The van der Waals surface area contributed by atoms with Crippen molar-refractivity contribution in [1.82, 2.24) is 0 Å². The van der Waals surface area contributed by atoms with Crippen molar-refractivity contribution in [3.8, 4) is 0 Å². The molecule has 20 heavy (non-hydrogen) atoms. The topological polar surface area (TPSA) is 26.3 Å². The number of thioether (sulfide) groups is 1. The van der Waals surface area contributed by atoms with E-state index in [-0.39, 0.29) is 5.97 Å². The van der Waals surface area contributed by atoms with Gasteiger partial charge in [-0.25, -0.2) is 4.79 Å². The zero-order chi connectivity index (χ0) is 13.9. The lowest BCUT2D eigenvalue weighted by Gasteiger charge is -1.98. The molecule has 3 rings (SSSR count). The van der Waals surface area contributed by atoms with Crippen molar-refractivity contribution >= 4 is 40.9 Å². The molecule has 0 N–H and O–H groups in total. The highest BCUT2D eigenvalue weighted by molar-refractivity contribution is 7.98. The highest BCUT2D eigenvalue weighted by atomic mass is 32.2. The van der Waals surface area contributed by atoms with Gasteiger partial charge in [0.2, 0.25) is 0 Å². The molecule has 1 aliphatic rings. The molecule has 1 aromatic carbocycles. The molecule has 0 bridgehead atoms. The van der Waals surface area contributed by atoms with Crippen LogP contribution in [0.4, 0.5) is 0 Å². The predicted octanol–water partition coefficient (Wildman–Crippen LogP) is 4.45. The van der Waals surface area contributed by atoms with Gasteiger partial charge in [0.15, 0.2) is 0 Å². The monoisotopic (exact) mass is 300 g/mol. The molecule has 0 fully saturated rings. The summed E-state index contributed by atoms with van der Waals surface area (Å²) in [7, 11) is 0. The lowest BCUT2D eigenvalue weighted by Crippen LogP contribution is -1.96. The first-order valence-electron chi connectivity index (χ1n) is 6.10. The predicted molar refractivity (Wildman–Crippen MR) is 84.6 cm³/mol. The van der Waals surface area contributed by atoms with E-state index < -0.39 is 0 Å². The van der Waals surface area contributed by atoms with Crippen molar-refractivity contribution in [2.75, 3.05) is 6.26 Å². The highest BCUT2D eigenvalue weighted by Crippen LogP contribution is 2.30. The maximum Gasteiger partial charge on any atom is 0.343 e. The highest BCUT2D eigenvalue weighted by Gasteiger charge is 2.22. The summed E-state index contributed by atoms with van der Waals surface area (Å²) in [6, 6.07) is 12.0. The Bertz CT molecular complexity index is 680. The fraction of sp³-hybridized carbons (Fsp3) is 0.0625. The van der Waals surface area contributed by atoms with Crippen molar-refractivity contribution in [3.63, 3.8) is 0 Å². The normalized spacial score (nSPS) is 16.4. The summed E-state index contributed by atoms with van der Waals surface area (Å²) in [6.45, 7) is 0. The number of hydrogen-bond acceptors (Lipinski definition) is 4. The van der Waals surface area contributed by atoms with E-state index >= 15 is 0 Å². The van der Waals surface area contributed by atoms with Gasteiger partial charge in [0.25, 0.3) is 0 Å². The smallest absolute Gasteiger partial charge is 0.343 e. The van der Waals surface area contributed by atoms with Gasteiger partial charge in [-0.05, 0) is 47.6 Å². The first-order valence-corrected chi connectivity index (χ1v) is 8.20. The van der Waals surface area contributed by atoms with Crippen LogP contribution in [-0.2, 0) is 9.53 Å². The van der Waals surface area contributed by atoms with Crippen molar-refractivity contribution < 1.29 is 9.53 Å². The van der Waals surface area contributed by atoms with Gasteiger partial charge in [0, 0.05) is 4.90 Å².